The first kappa shape index (κ1) is 16.7. The van der Waals surface area contributed by atoms with Crippen LogP contribution in [0.4, 0.5) is 4.39 Å². The molecule has 0 fully saturated rings. The number of rotatable bonds is 5. The van der Waals surface area contributed by atoms with Gasteiger partial charge in [-0.05, 0) is 42.0 Å². The molecule has 0 atom stereocenters. The van der Waals surface area contributed by atoms with Gasteiger partial charge in [0.15, 0.2) is 0 Å². The third-order valence-corrected chi connectivity index (χ3v) is 3.77. The number of hydrogen-bond acceptors (Lipinski definition) is 4. The van der Waals surface area contributed by atoms with E-state index in [-0.39, 0.29) is 17.9 Å². The Morgan fingerprint density at radius 1 is 1.04 bits per heavy atom. The minimum absolute atomic E-state index is 0.177. The van der Waals surface area contributed by atoms with Crippen molar-refractivity contribution < 1.29 is 13.9 Å². The Morgan fingerprint density at radius 2 is 1.88 bits per heavy atom. The van der Waals surface area contributed by atoms with Crippen LogP contribution in [0.3, 0.4) is 0 Å². The number of halogens is 1. The van der Waals surface area contributed by atoms with Crippen molar-refractivity contribution in [2.45, 2.75) is 6.54 Å². The van der Waals surface area contributed by atoms with Crippen LogP contribution in [0.5, 0.6) is 11.5 Å². The van der Waals surface area contributed by atoms with E-state index in [0.29, 0.717) is 28.3 Å². The normalized spacial score (nSPS) is 10.5. The highest BCUT2D eigenvalue weighted by atomic mass is 19.1. The van der Waals surface area contributed by atoms with Crippen molar-refractivity contribution in [3.8, 4) is 22.8 Å². The van der Waals surface area contributed by atoms with Crippen LogP contribution in [0, 0.1) is 5.82 Å². The van der Waals surface area contributed by atoms with Crippen molar-refractivity contribution in [1.82, 2.24) is 9.78 Å². The van der Waals surface area contributed by atoms with Gasteiger partial charge in [0.2, 0.25) is 0 Å². The molecule has 0 aliphatic carbocycles. The number of ether oxygens (including phenoxy) is 2. The maximum absolute atomic E-state index is 13.4. The fourth-order valence-electron chi connectivity index (χ4n) is 2.53. The van der Waals surface area contributed by atoms with Gasteiger partial charge in [-0.1, -0.05) is 12.1 Å². The zero-order valence-electron chi connectivity index (χ0n) is 13.9. The van der Waals surface area contributed by atoms with E-state index in [9.17, 15) is 9.18 Å². The molecule has 0 radical (unpaired) electrons. The molecule has 5 nitrogen and oxygen atoms in total. The van der Waals surface area contributed by atoms with E-state index in [1.807, 2.05) is 0 Å². The molecule has 128 valence electrons. The van der Waals surface area contributed by atoms with Crippen LogP contribution in [-0.2, 0) is 6.54 Å². The molecule has 0 amide bonds. The number of methoxy groups -OCH3 is 2. The Hall–Kier alpha value is -3.15. The highest BCUT2D eigenvalue weighted by molar-refractivity contribution is 5.68. The Kier molecular flexibility index (Phi) is 4.79. The largest absolute Gasteiger partial charge is 0.497 e. The van der Waals surface area contributed by atoms with Gasteiger partial charge < -0.3 is 9.47 Å². The summed E-state index contributed by atoms with van der Waals surface area (Å²) in [5.41, 5.74) is 1.65. The summed E-state index contributed by atoms with van der Waals surface area (Å²) in [4.78, 5) is 12.1. The van der Waals surface area contributed by atoms with Gasteiger partial charge >= 0.3 is 0 Å². The van der Waals surface area contributed by atoms with Gasteiger partial charge in [0, 0.05) is 11.6 Å². The number of benzene rings is 2. The molecule has 3 rings (SSSR count). The second kappa shape index (κ2) is 7.17. The first-order chi connectivity index (χ1) is 12.1. The molecule has 1 heterocycles. The van der Waals surface area contributed by atoms with E-state index in [4.69, 9.17) is 9.47 Å². The molecule has 0 aliphatic rings. The third kappa shape index (κ3) is 3.68. The average Bonchev–Trinajstić information content (AvgIpc) is 2.63. The molecule has 0 unspecified atom stereocenters. The quantitative estimate of drug-likeness (QED) is 0.716. The van der Waals surface area contributed by atoms with Crippen LogP contribution in [0.1, 0.15) is 5.56 Å². The zero-order valence-corrected chi connectivity index (χ0v) is 13.9. The molecule has 0 saturated heterocycles. The topological polar surface area (TPSA) is 53.4 Å². The van der Waals surface area contributed by atoms with E-state index in [1.54, 1.807) is 50.6 Å². The van der Waals surface area contributed by atoms with Crippen LogP contribution in [-0.4, -0.2) is 24.0 Å². The summed E-state index contributed by atoms with van der Waals surface area (Å²) in [6.45, 7) is 0.177. The van der Waals surface area contributed by atoms with Crippen molar-refractivity contribution in [3.63, 3.8) is 0 Å². The number of aromatic nitrogens is 2. The van der Waals surface area contributed by atoms with Gasteiger partial charge in [0.25, 0.3) is 5.56 Å². The molecule has 0 spiro atoms. The molecule has 0 saturated carbocycles. The Labute approximate surface area is 144 Å². The van der Waals surface area contributed by atoms with Crippen LogP contribution in [0.25, 0.3) is 11.3 Å². The van der Waals surface area contributed by atoms with Crippen molar-refractivity contribution in [3.05, 3.63) is 76.3 Å². The molecule has 25 heavy (non-hydrogen) atoms. The predicted octanol–water partition coefficient (Wildman–Crippen LogP) is 3.11. The molecule has 0 bridgehead atoms. The predicted molar refractivity (Wildman–Crippen MR) is 92.5 cm³/mol. The third-order valence-electron chi connectivity index (χ3n) is 3.77. The van der Waals surface area contributed by atoms with Gasteiger partial charge in [-0.25, -0.2) is 9.07 Å². The summed E-state index contributed by atoms with van der Waals surface area (Å²) in [5.74, 6) is 0.918. The van der Waals surface area contributed by atoms with Crippen LogP contribution in [0.2, 0.25) is 0 Å². The molecule has 2 aromatic carbocycles. The monoisotopic (exact) mass is 340 g/mol. The molecule has 0 aliphatic heterocycles. The maximum Gasteiger partial charge on any atom is 0.267 e. The number of nitrogens with zero attached hydrogens (tertiary/aromatic N) is 2. The van der Waals surface area contributed by atoms with Crippen molar-refractivity contribution in [1.29, 1.82) is 0 Å². The maximum atomic E-state index is 13.4. The molecular formula is C19H17FN2O3. The van der Waals surface area contributed by atoms with Gasteiger partial charge in [-0.2, -0.15) is 5.10 Å². The summed E-state index contributed by atoms with van der Waals surface area (Å²) in [6, 6.07) is 14.5. The Morgan fingerprint density at radius 3 is 2.60 bits per heavy atom. The van der Waals surface area contributed by atoms with E-state index in [2.05, 4.69) is 5.10 Å². The van der Waals surface area contributed by atoms with E-state index < -0.39 is 0 Å². The Bertz CT molecular complexity index is 953. The lowest BCUT2D eigenvalue weighted by atomic mass is 10.1. The zero-order chi connectivity index (χ0) is 17.8. The summed E-state index contributed by atoms with van der Waals surface area (Å²) in [7, 11) is 3.14. The first-order valence-electron chi connectivity index (χ1n) is 7.65. The molecule has 3 aromatic rings. The lowest BCUT2D eigenvalue weighted by Gasteiger charge is -2.12. The summed E-state index contributed by atoms with van der Waals surface area (Å²) in [6.07, 6.45) is 0. The smallest absolute Gasteiger partial charge is 0.267 e. The van der Waals surface area contributed by atoms with Gasteiger partial charge in [0.05, 0.1) is 26.5 Å². The van der Waals surface area contributed by atoms with Crippen molar-refractivity contribution >= 4 is 0 Å². The SMILES string of the molecule is COc1ccc(OC)c(-c2ccc(=O)n(Cc3cccc(F)c3)n2)c1. The second-order valence-electron chi connectivity index (χ2n) is 5.41. The van der Waals surface area contributed by atoms with Gasteiger partial charge in [-0.15, -0.1) is 0 Å². The molecular weight excluding hydrogens is 323 g/mol. The molecule has 1 aromatic heterocycles. The summed E-state index contributed by atoms with van der Waals surface area (Å²) >= 11 is 0. The summed E-state index contributed by atoms with van der Waals surface area (Å²) < 4.78 is 25.3. The fraction of sp³-hybridized carbons (Fsp3) is 0.158. The second-order valence-corrected chi connectivity index (χ2v) is 5.41. The highest BCUT2D eigenvalue weighted by Gasteiger charge is 2.11. The van der Waals surface area contributed by atoms with Crippen LogP contribution in [0.15, 0.2) is 59.4 Å². The Balaban J connectivity index is 2.04. The van der Waals surface area contributed by atoms with Crippen LogP contribution >= 0.6 is 0 Å². The van der Waals surface area contributed by atoms with Crippen molar-refractivity contribution in [2.75, 3.05) is 14.2 Å². The van der Waals surface area contributed by atoms with Crippen molar-refractivity contribution in [2.24, 2.45) is 0 Å². The number of hydrogen-bond donors (Lipinski definition) is 0. The molecule has 0 N–H and O–H groups in total. The standard InChI is InChI=1S/C19H17FN2O3/c1-24-15-6-8-18(25-2)16(11-15)17-7-9-19(23)22(21-17)12-13-4-3-5-14(20)10-13/h3-11H,12H2,1-2H3. The minimum atomic E-state index is -0.351. The summed E-state index contributed by atoms with van der Waals surface area (Å²) in [5, 5.41) is 4.40. The fourth-order valence-corrected chi connectivity index (χ4v) is 2.53. The molecule has 6 heteroatoms. The highest BCUT2D eigenvalue weighted by Crippen LogP contribution is 2.31. The lowest BCUT2D eigenvalue weighted by Crippen LogP contribution is -2.22. The van der Waals surface area contributed by atoms with E-state index >= 15 is 0 Å². The van der Waals surface area contributed by atoms with Crippen LogP contribution < -0.4 is 15.0 Å². The van der Waals surface area contributed by atoms with Gasteiger partial charge in [0.1, 0.15) is 17.3 Å². The average molecular weight is 340 g/mol. The first-order valence-corrected chi connectivity index (χ1v) is 7.65. The van der Waals surface area contributed by atoms with E-state index in [1.165, 1.54) is 22.9 Å². The van der Waals surface area contributed by atoms with Gasteiger partial charge in [-0.3, -0.25) is 4.79 Å². The van der Waals surface area contributed by atoms with E-state index in [0.717, 1.165) is 0 Å². The minimum Gasteiger partial charge on any atom is -0.497 e. The lowest BCUT2D eigenvalue weighted by molar-refractivity contribution is 0.404.